The number of hydrogen-bond acceptors (Lipinski definition) is 2. The standard InChI is InChI=1S/C15H9BrClN3/c16-11-3-1-2-4-13(11)20-14-7-10(9-18)5-6-12(14)19-15(20)8-17/h1-7H,8H2. The van der Waals surface area contributed by atoms with Gasteiger partial charge in [0.25, 0.3) is 0 Å². The maximum absolute atomic E-state index is 9.06. The number of alkyl halides is 1. The van der Waals surface area contributed by atoms with E-state index in [1.54, 1.807) is 6.07 Å². The summed E-state index contributed by atoms with van der Waals surface area (Å²) in [6.07, 6.45) is 0. The van der Waals surface area contributed by atoms with Gasteiger partial charge in [-0.15, -0.1) is 11.6 Å². The Bertz CT molecular complexity index is 833. The third-order valence-corrected chi connectivity index (χ3v) is 3.98. The fourth-order valence-electron chi connectivity index (χ4n) is 2.19. The second-order valence-corrected chi connectivity index (χ2v) is 5.39. The highest BCUT2D eigenvalue weighted by molar-refractivity contribution is 9.10. The van der Waals surface area contributed by atoms with Crippen molar-refractivity contribution in [2.24, 2.45) is 0 Å². The quantitative estimate of drug-likeness (QED) is 0.645. The van der Waals surface area contributed by atoms with Crippen LogP contribution >= 0.6 is 27.5 Å². The summed E-state index contributed by atoms with van der Waals surface area (Å²) in [6.45, 7) is 0. The van der Waals surface area contributed by atoms with Crippen molar-refractivity contribution in [2.45, 2.75) is 5.88 Å². The molecule has 0 aliphatic heterocycles. The average Bonchev–Trinajstić information content (AvgIpc) is 2.85. The van der Waals surface area contributed by atoms with E-state index in [-0.39, 0.29) is 0 Å². The fourth-order valence-corrected chi connectivity index (χ4v) is 2.83. The molecule has 0 radical (unpaired) electrons. The zero-order chi connectivity index (χ0) is 14.1. The van der Waals surface area contributed by atoms with E-state index >= 15 is 0 Å². The van der Waals surface area contributed by atoms with Crippen molar-refractivity contribution in [2.75, 3.05) is 0 Å². The number of rotatable bonds is 2. The largest absolute Gasteiger partial charge is 0.294 e. The monoisotopic (exact) mass is 345 g/mol. The van der Waals surface area contributed by atoms with E-state index in [0.29, 0.717) is 11.4 Å². The lowest BCUT2D eigenvalue weighted by Crippen LogP contribution is -2.00. The molecule has 0 aliphatic carbocycles. The Hall–Kier alpha value is -1.83. The minimum Gasteiger partial charge on any atom is -0.294 e. The zero-order valence-corrected chi connectivity index (χ0v) is 12.7. The molecule has 0 bridgehead atoms. The number of halogens is 2. The molecule has 3 rings (SSSR count). The lowest BCUT2D eigenvalue weighted by molar-refractivity contribution is 0.977. The average molecular weight is 347 g/mol. The molecule has 98 valence electrons. The second-order valence-electron chi connectivity index (χ2n) is 4.26. The molecule has 0 fully saturated rings. The highest BCUT2D eigenvalue weighted by Gasteiger charge is 2.14. The second kappa shape index (κ2) is 5.28. The van der Waals surface area contributed by atoms with Crippen LogP contribution in [0.15, 0.2) is 46.9 Å². The lowest BCUT2D eigenvalue weighted by atomic mass is 10.2. The summed E-state index contributed by atoms with van der Waals surface area (Å²) in [5.74, 6) is 1.06. The maximum atomic E-state index is 9.06. The highest BCUT2D eigenvalue weighted by atomic mass is 79.9. The molecule has 0 spiro atoms. The Kier molecular flexibility index (Phi) is 3.47. The first kappa shape index (κ1) is 13.2. The van der Waals surface area contributed by atoms with Gasteiger partial charge in [-0.2, -0.15) is 5.26 Å². The van der Waals surface area contributed by atoms with E-state index in [4.69, 9.17) is 16.9 Å². The first-order valence-electron chi connectivity index (χ1n) is 5.97. The minimum absolute atomic E-state index is 0.303. The van der Waals surface area contributed by atoms with Gasteiger partial charge in [0.1, 0.15) is 5.82 Å². The van der Waals surface area contributed by atoms with Crippen LogP contribution in [-0.4, -0.2) is 9.55 Å². The van der Waals surface area contributed by atoms with E-state index in [1.807, 2.05) is 41.0 Å². The van der Waals surface area contributed by atoms with E-state index in [2.05, 4.69) is 27.0 Å². The minimum atomic E-state index is 0.303. The van der Waals surface area contributed by atoms with Crippen molar-refractivity contribution in [3.05, 3.63) is 58.3 Å². The van der Waals surface area contributed by atoms with Crippen LogP contribution in [0.3, 0.4) is 0 Å². The lowest BCUT2D eigenvalue weighted by Gasteiger charge is -2.09. The number of hydrogen-bond donors (Lipinski definition) is 0. The van der Waals surface area contributed by atoms with Crippen LogP contribution in [-0.2, 0) is 5.88 Å². The molecular formula is C15H9BrClN3. The molecule has 0 atom stereocenters. The van der Waals surface area contributed by atoms with Gasteiger partial charge in [-0.1, -0.05) is 12.1 Å². The summed E-state index contributed by atoms with van der Waals surface area (Å²) in [7, 11) is 0. The maximum Gasteiger partial charge on any atom is 0.129 e. The molecule has 0 N–H and O–H groups in total. The molecule has 20 heavy (non-hydrogen) atoms. The number of para-hydroxylation sites is 1. The predicted octanol–water partition coefficient (Wildman–Crippen LogP) is 4.40. The molecule has 0 saturated heterocycles. The summed E-state index contributed by atoms with van der Waals surface area (Å²) in [5.41, 5.74) is 3.27. The summed E-state index contributed by atoms with van der Waals surface area (Å²) in [5, 5.41) is 9.06. The van der Waals surface area contributed by atoms with Gasteiger partial charge >= 0.3 is 0 Å². The molecule has 0 aliphatic rings. The molecule has 0 amide bonds. The van der Waals surface area contributed by atoms with Crippen molar-refractivity contribution in [1.29, 1.82) is 5.26 Å². The van der Waals surface area contributed by atoms with Crippen LogP contribution in [0.4, 0.5) is 0 Å². The zero-order valence-electron chi connectivity index (χ0n) is 10.3. The van der Waals surface area contributed by atoms with Crippen molar-refractivity contribution in [1.82, 2.24) is 9.55 Å². The van der Waals surface area contributed by atoms with Crippen molar-refractivity contribution < 1.29 is 0 Å². The van der Waals surface area contributed by atoms with E-state index in [0.717, 1.165) is 27.0 Å². The number of nitriles is 1. The van der Waals surface area contributed by atoms with Gasteiger partial charge in [0.2, 0.25) is 0 Å². The van der Waals surface area contributed by atoms with Crippen molar-refractivity contribution in [3.63, 3.8) is 0 Å². The third-order valence-electron chi connectivity index (χ3n) is 3.07. The van der Waals surface area contributed by atoms with Crippen LogP contribution < -0.4 is 0 Å². The van der Waals surface area contributed by atoms with Gasteiger partial charge in [0.05, 0.1) is 34.2 Å². The third kappa shape index (κ3) is 2.09. The predicted molar refractivity (Wildman–Crippen MR) is 83.0 cm³/mol. The molecule has 0 saturated carbocycles. The summed E-state index contributed by atoms with van der Waals surface area (Å²) in [6, 6.07) is 15.5. The van der Waals surface area contributed by atoms with Gasteiger partial charge < -0.3 is 0 Å². The first-order chi connectivity index (χ1) is 9.74. The normalized spacial score (nSPS) is 10.7. The molecule has 1 aromatic heterocycles. The van der Waals surface area contributed by atoms with Gasteiger partial charge in [-0.3, -0.25) is 4.57 Å². The summed E-state index contributed by atoms with van der Waals surface area (Å²) in [4.78, 5) is 4.52. The van der Waals surface area contributed by atoms with Crippen molar-refractivity contribution >= 4 is 38.6 Å². The molecule has 1 heterocycles. The van der Waals surface area contributed by atoms with Crippen LogP contribution in [0.25, 0.3) is 16.7 Å². The Morgan fingerprint density at radius 2 is 2.05 bits per heavy atom. The van der Waals surface area contributed by atoms with Crippen LogP contribution in [0.5, 0.6) is 0 Å². The topological polar surface area (TPSA) is 41.6 Å². The van der Waals surface area contributed by atoms with Crippen LogP contribution in [0.2, 0.25) is 0 Å². The van der Waals surface area contributed by atoms with Gasteiger partial charge in [-0.25, -0.2) is 4.98 Å². The molecule has 5 heteroatoms. The number of imidazole rings is 1. The van der Waals surface area contributed by atoms with Gasteiger partial charge in [0.15, 0.2) is 0 Å². The smallest absolute Gasteiger partial charge is 0.129 e. The number of benzene rings is 2. The molecular weight excluding hydrogens is 338 g/mol. The fraction of sp³-hybridized carbons (Fsp3) is 0.0667. The van der Waals surface area contributed by atoms with Crippen LogP contribution in [0.1, 0.15) is 11.4 Å². The molecule has 3 aromatic rings. The summed E-state index contributed by atoms with van der Waals surface area (Å²) < 4.78 is 2.93. The Morgan fingerprint density at radius 3 is 2.75 bits per heavy atom. The van der Waals surface area contributed by atoms with Crippen molar-refractivity contribution in [3.8, 4) is 11.8 Å². The Labute approximate surface area is 129 Å². The SMILES string of the molecule is N#Cc1ccc2nc(CCl)n(-c3ccccc3Br)c2c1. The molecule has 0 unspecified atom stereocenters. The first-order valence-corrected chi connectivity index (χ1v) is 7.29. The van der Waals surface area contributed by atoms with E-state index in [1.165, 1.54) is 0 Å². The molecule has 3 nitrogen and oxygen atoms in total. The van der Waals surface area contributed by atoms with E-state index in [9.17, 15) is 0 Å². The Morgan fingerprint density at radius 1 is 1.25 bits per heavy atom. The highest BCUT2D eigenvalue weighted by Crippen LogP contribution is 2.28. The number of fused-ring (bicyclic) bond motifs is 1. The number of aromatic nitrogens is 2. The van der Waals surface area contributed by atoms with Gasteiger partial charge in [-0.05, 0) is 46.3 Å². The Balaban J connectivity index is 2.38. The summed E-state index contributed by atoms with van der Waals surface area (Å²) >= 11 is 9.56. The molecule has 2 aromatic carbocycles. The van der Waals surface area contributed by atoms with Crippen LogP contribution in [0, 0.1) is 11.3 Å². The number of nitrogens with zero attached hydrogens (tertiary/aromatic N) is 3. The van der Waals surface area contributed by atoms with E-state index < -0.39 is 0 Å². The van der Waals surface area contributed by atoms with Gasteiger partial charge in [0, 0.05) is 4.47 Å².